The number of esters is 1. The Labute approximate surface area is 163 Å². The summed E-state index contributed by atoms with van der Waals surface area (Å²) in [6.07, 6.45) is -0.0832. The number of carbonyl (C=O) groups is 4. The van der Waals surface area contributed by atoms with Crippen LogP contribution in [0.3, 0.4) is 0 Å². The average molecular weight is 409 g/mol. The van der Waals surface area contributed by atoms with Crippen molar-refractivity contribution in [2.24, 2.45) is 0 Å². The second kappa shape index (κ2) is 9.97. The van der Waals surface area contributed by atoms with Gasteiger partial charge in [-0.2, -0.15) is 0 Å². The van der Waals surface area contributed by atoms with Gasteiger partial charge in [0.1, 0.15) is 23.9 Å². The minimum atomic E-state index is -1.38. The van der Waals surface area contributed by atoms with E-state index in [1.807, 2.05) is 5.32 Å². The summed E-state index contributed by atoms with van der Waals surface area (Å²) in [7, 11) is 0. The van der Waals surface area contributed by atoms with Crippen molar-refractivity contribution in [2.45, 2.75) is 13.0 Å². The Balaban J connectivity index is 1.73. The third-order valence-corrected chi connectivity index (χ3v) is 3.47. The molecule has 0 saturated heterocycles. The second-order valence-corrected chi connectivity index (χ2v) is 5.65. The fourth-order valence-electron chi connectivity index (χ4n) is 2.02. The molecular formula is C18H17F2N3O6. The first-order chi connectivity index (χ1) is 13.8. The van der Waals surface area contributed by atoms with Gasteiger partial charge in [-0.05, 0) is 31.2 Å². The van der Waals surface area contributed by atoms with Gasteiger partial charge in [0.15, 0.2) is 11.9 Å². The van der Waals surface area contributed by atoms with E-state index in [1.54, 1.807) is 0 Å². The van der Waals surface area contributed by atoms with Gasteiger partial charge < -0.3 is 25.1 Å². The van der Waals surface area contributed by atoms with Crippen LogP contribution in [0.2, 0.25) is 0 Å². The molecule has 9 nitrogen and oxygen atoms in total. The molecule has 0 unspecified atom stereocenters. The summed E-state index contributed by atoms with van der Waals surface area (Å²) < 4.78 is 36.7. The largest absolute Gasteiger partial charge is 0.459 e. The van der Waals surface area contributed by atoms with Crippen LogP contribution >= 0.6 is 0 Å². The Bertz CT molecular complexity index is 881. The topological polar surface area (TPSA) is 127 Å². The molecule has 0 aliphatic heterocycles. The minimum Gasteiger partial charge on any atom is -0.459 e. The van der Waals surface area contributed by atoms with E-state index < -0.39 is 60.2 Å². The summed E-state index contributed by atoms with van der Waals surface area (Å²) in [4.78, 5) is 46.8. The van der Waals surface area contributed by atoms with Gasteiger partial charge in [0, 0.05) is 0 Å². The molecule has 1 aromatic heterocycles. The lowest BCUT2D eigenvalue weighted by Gasteiger charge is -2.14. The Morgan fingerprint density at radius 1 is 1.03 bits per heavy atom. The highest BCUT2D eigenvalue weighted by Crippen LogP contribution is 2.18. The molecule has 0 radical (unpaired) electrons. The molecule has 1 atom stereocenters. The maximum absolute atomic E-state index is 13.5. The van der Waals surface area contributed by atoms with Crippen LogP contribution in [0.5, 0.6) is 0 Å². The lowest BCUT2D eigenvalue weighted by atomic mass is 10.2. The van der Waals surface area contributed by atoms with E-state index in [1.165, 1.54) is 25.3 Å². The normalized spacial score (nSPS) is 11.3. The zero-order valence-electron chi connectivity index (χ0n) is 15.2. The zero-order chi connectivity index (χ0) is 21.4. The molecule has 0 aliphatic carbocycles. The summed E-state index contributed by atoms with van der Waals surface area (Å²) in [5, 5.41) is 6.44. The van der Waals surface area contributed by atoms with Crippen LogP contribution in [-0.2, 0) is 19.1 Å². The Morgan fingerprint density at radius 3 is 2.34 bits per heavy atom. The Kier molecular flexibility index (Phi) is 7.40. The predicted molar refractivity (Wildman–Crippen MR) is 94.6 cm³/mol. The van der Waals surface area contributed by atoms with E-state index in [9.17, 15) is 28.0 Å². The highest BCUT2D eigenvalue weighted by molar-refractivity contribution is 5.96. The summed E-state index contributed by atoms with van der Waals surface area (Å²) in [5.74, 6) is -5.18. The summed E-state index contributed by atoms with van der Waals surface area (Å²) in [5.41, 5.74) is -0.666. The molecule has 11 heteroatoms. The number of halogens is 2. The van der Waals surface area contributed by atoms with Gasteiger partial charge in [-0.15, -0.1) is 0 Å². The number of furan rings is 1. The monoisotopic (exact) mass is 409 g/mol. The zero-order valence-corrected chi connectivity index (χ0v) is 15.2. The smallest absolute Gasteiger partial charge is 0.326 e. The van der Waals surface area contributed by atoms with Crippen LogP contribution in [0.25, 0.3) is 0 Å². The maximum atomic E-state index is 13.5. The number of ether oxygens (including phenoxy) is 1. The molecule has 0 saturated carbocycles. The quantitative estimate of drug-likeness (QED) is 0.558. The number of hydrogen-bond acceptors (Lipinski definition) is 6. The van der Waals surface area contributed by atoms with E-state index in [0.717, 1.165) is 18.2 Å². The van der Waals surface area contributed by atoms with Crippen molar-refractivity contribution in [1.82, 2.24) is 10.6 Å². The number of anilines is 1. The van der Waals surface area contributed by atoms with Gasteiger partial charge in [0.2, 0.25) is 5.91 Å². The molecule has 1 heterocycles. The van der Waals surface area contributed by atoms with Crippen LogP contribution in [0.1, 0.15) is 17.5 Å². The summed E-state index contributed by atoms with van der Waals surface area (Å²) in [6.45, 7) is 0.188. The summed E-state index contributed by atoms with van der Waals surface area (Å²) >= 11 is 0. The van der Waals surface area contributed by atoms with Crippen LogP contribution in [0, 0.1) is 11.6 Å². The van der Waals surface area contributed by atoms with Crippen LogP contribution < -0.4 is 16.0 Å². The fraction of sp³-hybridized carbons (Fsp3) is 0.222. The van der Waals surface area contributed by atoms with Gasteiger partial charge in [-0.3, -0.25) is 19.2 Å². The van der Waals surface area contributed by atoms with Crippen molar-refractivity contribution in [3.63, 3.8) is 0 Å². The third-order valence-electron chi connectivity index (χ3n) is 3.47. The molecule has 3 amide bonds. The van der Waals surface area contributed by atoms with E-state index >= 15 is 0 Å². The maximum Gasteiger partial charge on any atom is 0.326 e. The van der Waals surface area contributed by atoms with Gasteiger partial charge in [-0.25, -0.2) is 8.78 Å². The van der Waals surface area contributed by atoms with Gasteiger partial charge in [0.05, 0.1) is 12.8 Å². The molecule has 0 spiro atoms. The molecule has 2 rings (SSSR count). The molecule has 3 N–H and O–H groups in total. The first-order valence-electron chi connectivity index (χ1n) is 8.30. The minimum absolute atomic E-state index is 0.0170. The average Bonchev–Trinajstić information content (AvgIpc) is 3.22. The van der Waals surface area contributed by atoms with Crippen molar-refractivity contribution in [3.8, 4) is 0 Å². The summed E-state index contributed by atoms with van der Waals surface area (Å²) in [6, 6.07) is 5.95. The van der Waals surface area contributed by atoms with Gasteiger partial charge in [-0.1, -0.05) is 6.07 Å². The fourth-order valence-corrected chi connectivity index (χ4v) is 2.02. The standard InChI is InChI=1S/C18H17F2N3O6/c1-10(17(26)23-16-11(19)4-2-5-12(16)20)29-15(25)9-21-14(24)8-22-18(27)13-6-3-7-28-13/h2-7,10H,8-9H2,1H3,(H,21,24)(H,22,27)(H,23,26)/t10-/m1/s1. The van der Waals surface area contributed by atoms with Gasteiger partial charge in [0.25, 0.3) is 11.8 Å². The first-order valence-corrected chi connectivity index (χ1v) is 8.30. The number of para-hydroxylation sites is 1. The number of rotatable bonds is 8. The molecular weight excluding hydrogens is 392 g/mol. The molecule has 29 heavy (non-hydrogen) atoms. The van der Waals surface area contributed by atoms with Crippen LogP contribution in [0.4, 0.5) is 14.5 Å². The van der Waals surface area contributed by atoms with E-state index in [0.29, 0.717) is 0 Å². The van der Waals surface area contributed by atoms with Crippen LogP contribution in [-0.4, -0.2) is 42.9 Å². The molecule has 154 valence electrons. The predicted octanol–water partition coefficient (Wildman–Crippen LogP) is 0.974. The van der Waals surface area contributed by atoms with Crippen molar-refractivity contribution in [2.75, 3.05) is 18.4 Å². The first kappa shape index (κ1) is 21.5. The third kappa shape index (κ3) is 6.41. The number of nitrogens with one attached hydrogen (secondary N) is 3. The number of hydrogen-bond donors (Lipinski definition) is 3. The molecule has 2 aromatic rings. The van der Waals surface area contributed by atoms with Crippen molar-refractivity contribution in [3.05, 3.63) is 54.0 Å². The molecule has 0 aliphatic rings. The number of carbonyl (C=O) groups excluding carboxylic acids is 4. The Morgan fingerprint density at radius 2 is 1.72 bits per heavy atom. The Hall–Kier alpha value is -3.76. The highest BCUT2D eigenvalue weighted by Gasteiger charge is 2.21. The number of benzene rings is 1. The SMILES string of the molecule is C[C@@H](OC(=O)CNC(=O)CNC(=O)c1ccco1)C(=O)Nc1c(F)cccc1F. The van der Waals surface area contributed by atoms with Crippen LogP contribution in [0.15, 0.2) is 41.0 Å². The second-order valence-electron chi connectivity index (χ2n) is 5.65. The van der Waals surface area contributed by atoms with E-state index in [-0.39, 0.29) is 5.76 Å². The van der Waals surface area contributed by atoms with E-state index in [4.69, 9.17) is 9.15 Å². The molecule has 0 fully saturated rings. The van der Waals surface area contributed by atoms with Crippen molar-refractivity contribution >= 4 is 29.4 Å². The van der Waals surface area contributed by atoms with Crippen molar-refractivity contribution in [1.29, 1.82) is 0 Å². The van der Waals surface area contributed by atoms with Crippen molar-refractivity contribution < 1.29 is 37.1 Å². The molecule has 0 bridgehead atoms. The highest BCUT2D eigenvalue weighted by atomic mass is 19.1. The lowest BCUT2D eigenvalue weighted by Crippen LogP contribution is -2.40. The van der Waals surface area contributed by atoms with Gasteiger partial charge >= 0.3 is 5.97 Å². The molecule has 1 aromatic carbocycles. The van der Waals surface area contributed by atoms with E-state index in [2.05, 4.69) is 10.6 Å². The lowest BCUT2D eigenvalue weighted by molar-refractivity contribution is -0.152. The number of amides is 3.